The summed E-state index contributed by atoms with van der Waals surface area (Å²) in [5.74, 6) is 2.80. The first kappa shape index (κ1) is 18.7. The minimum atomic E-state index is -0.790. The Kier molecular flexibility index (Phi) is 5.00. The minimum absolute atomic E-state index is 0.0981. The monoisotopic (exact) mass is 368 g/mol. The lowest BCUT2D eigenvalue weighted by Gasteiger charge is -2.31. The molecule has 0 radical (unpaired) electrons. The molecular weight excluding hydrogens is 347 g/mol. The van der Waals surface area contributed by atoms with E-state index >= 15 is 0 Å². The molecule has 0 amide bonds. The van der Waals surface area contributed by atoms with Gasteiger partial charge < -0.3 is 10.1 Å². The summed E-state index contributed by atoms with van der Waals surface area (Å²) in [6.45, 7) is 5.69. The van der Waals surface area contributed by atoms with Gasteiger partial charge >= 0.3 is 0 Å². The highest BCUT2D eigenvalue weighted by molar-refractivity contribution is 5.55. The summed E-state index contributed by atoms with van der Waals surface area (Å²) in [6, 6.07) is 2.18. The average molecular weight is 368 g/mol. The Labute approximate surface area is 157 Å². The molecule has 8 heteroatoms. The summed E-state index contributed by atoms with van der Waals surface area (Å²) >= 11 is 0. The van der Waals surface area contributed by atoms with Gasteiger partial charge in [0.15, 0.2) is 0 Å². The van der Waals surface area contributed by atoms with E-state index in [0.717, 1.165) is 19.0 Å². The van der Waals surface area contributed by atoms with Crippen molar-refractivity contribution >= 4 is 11.6 Å². The summed E-state index contributed by atoms with van der Waals surface area (Å²) < 4.78 is 21.0. The van der Waals surface area contributed by atoms with Crippen LogP contribution in [-0.4, -0.2) is 26.4 Å². The van der Waals surface area contributed by atoms with Crippen LogP contribution in [0, 0.1) is 48.3 Å². The number of nitrogens with zero attached hydrogens (tertiary/aromatic N) is 5. The zero-order valence-corrected chi connectivity index (χ0v) is 15.5. The van der Waals surface area contributed by atoms with Gasteiger partial charge in [-0.15, -0.1) is 12.3 Å². The first-order valence-corrected chi connectivity index (χ1v) is 8.69. The summed E-state index contributed by atoms with van der Waals surface area (Å²) in [4.78, 5) is 8.06. The second-order valence-corrected chi connectivity index (χ2v) is 7.23. The highest BCUT2D eigenvalue weighted by Crippen LogP contribution is 2.33. The molecule has 0 aromatic carbocycles. The van der Waals surface area contributed by atoms with E-state index in [2.05, 4.69) is 32.4 Å². The van der Waals surface area contributed by atoms with E-state index in [9.17, 15) is 9.65 Å². The fourth-order valence-corrected chi connectivity index (χ4v) is 2.76. The Bertz CT molecular complexity index is 917. The fourth-order valence-electron chi connectivity index (χ4n) is 2.76. The van der Waals surface area contributed by atoms with Crippen LogP contribution in [0.15, 0.2) is 12.4 Å². The molecule has 1 aliphatic carbocycles. The third-order valence-corrected chi connectivity index (χ3v) is 4.63. The summed E-state index contributed by atoms with van der Waals surface area (Å²) in [7, 11) is 0. The van der Waals surface area contributed by atoms with Crippen molar-refractivity contribution in [2.24, 2.45) is 11.8 Å². The molecule has 140 valence electrons. The normalized spacial score (nSPS) is 18.9. The number of terminal acetylenes is 1. The SMILES string of the molecule is C#CC1CC(COc2nc(Nc3cn(C(C)(C)C#N)nc3C)ncc2F)C1. The van der Waals surface area contributed by atoms with Crippen molar-refractivity contribution in [2.45, 2.75) is 39.2 Å². The molecular formula is C19H21FN6O. The minimum Gasteiger partial charge on any atom is -0.475 e. The van der Waals surface area contributed by atoms with Crippen LogP contribution in [-0.2, 0) is 5.54 Å². The first-order chi connectivity index (χ1) is 12.8. The van der Waals surface area contributed by atoms with Gasteiger partial charge in [0.2, 0.25) is 11.8 Å². The van der Waals surface area contributed by atoms with Gasteiger partial charge in [0.1, 0.15) is 5.54 Å². The molecule has 0 saturated heterocycles. The number of anilines is 2. The quantitative estimate of drug-likeness (QED) is 0.788. The molecule has 7 nitrogen and oxygen atoms in total. The molecule has 2 aromatic rings. The number of ether oxygens (including phenoxy) is 1. The molecule has 1 N–H and O–H groups in total. The van der Waals surface area contributed by atoms with Gasteiger partial charge in [-0.2, -0.15) is 19.7 Å². The Morgan fingerprint density at radius 3 is 2.89 bits per heavy atom. The average Bonchev–Trinajstić information content (AvgIpc) is 2.98. The van der Waals surface area contributed by atoms with Gasteiger partial charge in [0, 0.05) is 5.92 Å². The van der Waals surface area contributed by atoms with Crippen LogP contribution in [0.3, 0.4) is 0 Å². The van der Waals surface area contributed by atoms with Crippen molar-refractivity contribution in [2.75, 3.05) is 11.9 Å². The summed E-state index contributed by atoms with van der Waals surface area (Å²) in [5.41, 5.74) is 0.511. The van der Waals surface area contributed by atoms with E-state index in [-0.39, 0.29) is 11.8 Å². The second kappa shape index (κ2) is 7.24. The van der Waals surface area contributed by atoms with Gasteiger partial charge in [0.05, 0.1) is 36.5 Å². The van der Waals surface area contributed by atoms with Crippen LogP contribution >= 0.6 is 0 Å². The van der Waals surface area contributed by atoms with Crippen LogP contribution in [0.2, 0.25) is 0 Å². The zero-order chi connectivity index (χ0) is 19.6. The number of hydrogen-bond acceptors (Lipinski definition) is 6. The lowest BCUT2D eigenvalue weighted by atomic mass is 9.76. The van der Waals surface area contributed by atoms with Crippen LogP contribution in [0.5, 0.6) is 5.88 Å². The molecule has 2 aromatic heterocycles. The molecule has 1 fully saturated rings. The second-order valence-electron chi connectivity index (χ2n) is 7.23. The van der Waals surface area contributed by atoms with Crippen molar-refractivity contribution < 1.29 is 9.13 Å². The van der Waals surface area contributed by atoms with Crippen molar-refractivity contribution in [3.05, 3.63) is 23.9 Å². The fraction of sp³-hybridized carbons (Fsp3) is 0.474. The van der Waals surface area contributed by atoms with Crippen molar-refractivity contribution in [1.82, 2.24) is 19.7 Å². The van der Waals surface area contributed by atoms with Gasteiger partial charge in [-0.25, -0.2) is 4.98 Å². The molecule has 0 atom stereocenters. The van der Waals surface area contributed by atoms with E-state index in [1.165, 1.54) is 0 Å². The van der Waals surface area contributed by atoms with Crippen LogP contribution in [0.1, 0.15) is 32.4 Å². The maximum absolute atomic E-state index is 13.9. The Hall–Kier alpha value is -3.13. The van der Waals surface area contributed by atoms with Crippen LogP contribution in [0.25, 0.3) is 0 Å². The molecule has 3 rings (SSSR count). The topological polar surface area (TPSA) is 88.6 Å². The molecule has 0 aliphatic heterocycles. The number of aromatic nitrogens is 4. The Morgan fingerprint density at radius 1 is 1.48 bits per heavy atom. The summed E-state index contributed by atoms with van der Waals surface area (Å²) in [6.07, 6.45) is 9.91. The molecule has 27 heavy (non-hydrogen) atoms. The largest absolute Gasteiger partial charge is 0.475 e. The van der Waals surface area contributed by atoms with Gasteiger partial charge in [0.25, 0.3) is 5.88 Å². The lowest BCUT2D eigenvalue weighted by molar-refractivity contribution is 0.141. The smallest absolute Gasteiger partial charge is 0.255 e. The van der Waals surface area contributed by atoms with Crippen molar-refractivity contribution in [3.63, 3.8) is 0 Å². The van der Waals surface area contributed by atoms with E-state index in [1.807, 2.05) is 0 Å². The number of rotatable bonds is 6. The molecule has 0 bridgehead atoms. The standard InChI is InChI=1S/C19H21FN6O/c1-5-13-6-14(7-13)10-27-17-15(20)8-22-18(24-17)23-16-9-26(25-12(16)2)19(3,4)11-21/h1,8-9,13-14H,6-7,10H2,2-4H3,(H,22,23,24). The third-order valence-electron chi connectivity index (χ3n) is 4.63. The molecule has 1 aliphatic rings. The van der Waals surface area contributed by atoms with Crippen molar-refractivity contribution in [1.29, 1.82) is 5.26 Å². The highest BCUT2D eigenvalue weighted by atomic mass is 19.1. The van der Waals surface area contributed by atoms with Gasteiger partial charge in [-0.1, -0.05) is 0 Å². The number of hydrogen-bond donors (Lipinski definition) is 1. The van der Waals surface area contributed by atoms with Crippen molar-refractivity contribution in [3.8, 4) is 24.3 Å². The molecule has 2 heterocycles. The van der Waals surface area contributed by atoms with Crippen LogP contribution < -0.4 is 10.1 Å². The molecule has 0 spiro atoms. The molecule has 0 unspecified atom stereocenters. The number of nitriles is 1. The third kappa shape index (κ3) is 4.01. The van der Waals surface area contributed by atoms with E-state index in [0.29, 0.717) is 29.8 Å². The number of halogens is 1. The Morgan fingerprint density at radius 2 is 2.22 bits per heavy atom. The predicted octanol–water partition coefficient (Wildman–Crippen LogP) is 3.16. The zero-order valence-electron chi connectivity index (χ0n) is 15.5. The van der Waals surface area contributed by atoms with Gasteiger partial charge in [-0.05, 0) is 39.5 Å². The maximum Gasteiger partial charge on any atom is 0.255 e. The first-order valence-electron chi connectivity index (χ1n) is 8.69. The van der Waals surface area contributed by atoms with E-state index in [1.54, 1.807) is 31.6 Å². The number of aryl methyl sites for hydroxylation is 1. The van der Waals surface area contributed by atoms with E-state index < -0.39 is 11.4 Å². The van der Waals surface area contributed by atoms with E-state index in [4.69, 9.17) is 11.2 Å². The number of nitrogens with one attached hydrogen (secondary N) is 1. The summed E-state index contributed by atoms with van der Waals surface area (Å²) in [5, 5.41) is 16.6. The van der Waals surface area contributed by atoms with Gasteiger partial charge in [-0.3, -0.25) is 4.68 Å². The highest BCUT2D eigenvalue weighted by Gasteiger charge is 2.28. The Balaban J connectivity index is 1.70. The molecule has 1 saturated carbocycles. The maximum atomic E-state index is 13.9. The lowest BCUT2D eigenvalue weighted by Crippen LogP contribution is -2.28. The predicted molar refractivity (Wildman–Crippen MR) is 97.7 cm³/mol. The van der Waals surface area contributed by atoms with Crippen LogP contribution in [0.4, 0.5) is 16.0 Å².